The Morgan fingerprint density at radius 2 is 1.85 bits per heavy atom. The van der Waals surface area contributed by atoms with E-state index >= 15 is 0 Å². The van der Waals surface area contributed by atoms with Crippen LogP contribution in [0.2, 0.25) is 0 Å². The van der Waals surface area contributed by atoms with Crippen molar-refractivity contribution in [1.29, 1.82) is 0 Å². The molecule has 2 aromatic rings. The van der Waals surface area contributed by atoms with Crippen molar-refractivity contribution in [2.45, 2.75) is 18.2 Å². The molecule has 0 fully saturated rings. The van der Waals surface area contributed by atoms with E-state index in [2.05, 4.69) is 6.58 Å². The molecule has 4 nitrogen and oxygen atoms in total. The minimum Gasteiger partial charge on any atom is -0.496 e. The van der Waals surface area contributed by atoms with E-state index in [9.17, 15) is 8.42 Å². The highest BCUT2D eigenvalue weighted by Gasteiger charge is 2.22. The van der Waals surface area contributed by atoms with Crippen LogP contribution in [0.1, 0.15) is 17.5 Å². The van der Waals surface area contributed by atoms with Crippen LogP contribution in [0.15, 0.2) is 72.3 Å². The Morgan fingerprint density at radius 1 is 1.19 bits per heavy atom. The topological polar surface area (TPSA) is 46.6 Å². The zero-order valence-corrected chi connectivity index (χ0v) is 16.4. The van der Waals surface area contributed by atoms with Gasteiger partial charge in [-0.2, -0.15) is 0 Å². The zero-order valence-electron chi connectivity index (χ0n) is 14.9. The number of halogens is 1. The number of rotatable bonds is 8. The van der Waals surface area contributed by atoms with Crippen molar-refractivity contribution in [3.05, 3.63) is 78.5 Å². The summed E-state index contributed by atoms with van der Waals surface area (Å²) < 4.78 is 32.6. The third-order valence-corrected chi connectivity index (χ3v) is 5.88. The van der Waals surface area contributed by atoms with Gasteiger partial charge in [0.2, 0.25) is 0 Å². The lowest BCUT2D eigenvalue weighted by atomic mass is 10.2. The van der Waals surface area contributed by atoms with Crippen molar-refractivity contribution in [2.24, 2.45) is 0 Å². The highest BCUT2D eigenvalue weighted by Crippen LogP contribution is 2.30. The Labute approximate surface area is 160 Å². The van der Waals surface area contributed by atoms with Gasteiger partial charge in [0.15, 0.2) is 0 Å². The van der Waals surface area contributed by atoms with E-state index in [1.54, 1.807) is 49.6 Å². The van der Waals surface area contributed by atoms with Crippen LogP contribution in [0.5, 0.6) is 5.75 Å². The van der Waals surface area contributed by atoms with Crippen molar-refractivity contribution < 1.29 is 13.2 Å². The molecule has 138 valence electrons. The number of hydrogen-bond acceptors (Lipinski definition) is 3. The minimum atomic E-state index is -3.73. The van der Waals surface area contributed by atoms with Gasteiger partial charge in [-0.3, -0.25) is 4.31 Å². The van der Waals surface area contributed by atoms with Crippen LogP contribution in [0.4, 0.5) is 0 Å². The Kier molecular flexibility index (Phi) is 6.89. The first-order valence-electron chi connectivity index (χ1n) is 8.10. The van der Waals surface area contributed by atoms with Gasteiger partial charge < -0.3 is 4.74 Å². The Balaban J connectivity index is 2.46. The normalized spacial score (nSPS) is 11.9. The van der Waals surface area contributed by atoms with Crippen LogP contribution in [-0.2, 0) is 10.0 Å². The fourth-order valence-corrected chi connectivity index (χ4v) is 4.03. The second kappa shape index (κ2) is 8.92. The fourth-order valence-electron chi connectivity index (χ4n) is 2.36. The van der Waals surface area contributed by atoms with Crippen molar-refractivity contribution in [3.8, 4) is 5.75 Å². The molecule has 0 atom stereocenters. The molecule has 0 heterocycles. The predicted molar refractivity (Wildman–Crippen MR) is 107 cm³/mol. The van der Waals surface area contributed by atoms with E-state index in [-0.39, 0.29) is 16.5 Å². The number of aryl methyl sites for hydroxylation is 1. The van der Waals surface area contributed by atoms with E-state index in [1.165, 1.54) is 10.5 Å². The molecule has 0 aliphatic heterocycles. The summed E-state index contributed by atoms with van der Waals surface area (Å²) in [7, 11) is -2.19. The fraction of sp³-hybridized carbons (Fsp3) is 0.200. The molecule has 2 rings (SSSR count). The van der Waals surface area contributed by atoms with Gasteiger partial charge in [0, 0.05) is 18.3 Å². The van der Waals surface area contributed by atoms with Crippen LogP contribution < -0.4 is 4.74 Å². The second-order valence-electron chi connectivity index (χ2n) is 5.68. The first-order chi connectivity index (χ1) is 12.4. The van der Waals surface area contributed by atoms with Crippen LogP contribution in [0, 0.1) is 6.92 Å². The summed E-state index contributed by atoms with van der Waals surface area (Å²) in [6.45, 7) is 5.82. The largest absolute Gasteiger partial charge is 0.496 e. The number of nitrogens with zero attached hydrogens (tertiary/aromatic N) is 1. The average Bonchev–Trinajstić information content (AvgIpc) is 2.65. The van der Waals surface area contributed by atoms with Crippen molar-refractivity contribution in [1.82, 2.24) is 4.31 Å². The van der Waals surface area contributed by atoms with Gasteiger partial charge in [0.05, 0.1) is 17.0 Å². The lowest BCUT2D eigenvalue weighted by Gasteiger charge is -2.21. The molecule has 0 saturated heterocycles. The third kappa shape index (κ3) is 4.68. The number of ether oxygens (including phenoxy) is 1. The van der Waals surface area contributed by atoms with Gasteiger partial charge in [0.1, 0.15) is 5.75 Å². The molecule has 0 bridgehead atoms. The van der Waals surface area contributed by atoms with Crippen molar-refractivity contribution in [2.75, 3.05) is 13.7 Å². The van der Waals surface area contributed by atoms with E-state index < -0.39 is 10.0 Å². The lowest BCUT2D eigenvalue weighted by Crippen LogP contribution is -2.27. The zero-order chi connectivity index (χ0) is 19.2. The third-order valence-electron chi connectivity index (χ3n) is 3.80. The van der Waals surface area contributed by atoms with Gasteiger partial charge in [-0.05, 0) is 37.6 Å². The number of para-hydroxylation sites is 1. The quantitative estimate of drug-likeness (QED) is 0.607. The van der Waals surface area contributed by atoms with Gasteiger partial charge in [-0.1, -0.05) is 47.5 Å². The summed E-state index contributed by atoms with van der Waals surface area (Å²) in [5, 5.41) is 0.280. The molecule has 26 heavy (non-hydrogen) atoms. The van der Waals surface area contributed by atoms with Crippen LogP contribution in [0.3, 0.4) is 0 Å². The smallest absolute Gasteiger partial charge is 0.263 e. The predicted octanol–water partition coefficient (Wildman–Crippen LogP) is 4.81. The maximum absolute atomic E-state index is 13.0. The van der Waals surface area contributed by atoms with E-state index in [1.807, 2.05) is 19.1 Å². The van der Waals surface area contributed by atoms with E-state index in [0.717, 1.165) is 5.56 Å². The van der Waals surface area contributed by atoms with E-state index in [4.69, 9.17) is 16.3 Å². The van der Waals surface area contributed by atoms with Gasteiger partial charge in [0.25, 0.3) is 10.0 Å². The minimum absolute atomic E-state index is 0.216. The highest BCUT2D eigenvalue weighted by molar-refractivity contribution is 7.89. The van der Waals surface area contributed by atoms with Gasteiger partial charge in [-0.25, -0.2) is 8.42 Å². The van der Waals surface area contributed by atoms with Crippen LogP contribution in [-0.4, -0.2) is 26.4 Å². The van der Waals surface area contributed by atoms with Crippen molar-refractivity contribution >= 4 is 26.7 Å². The molecule has 0 unspecified atom stereocenters. The van der Waals surface area contributed by atoms with Crippen molar-refractivity contribution in [3.63, 3.8) is 0 Å². The Morgan fingerprint density at radius 3 is 2.46 bits per heavy atom. The molecule has 0 N–H and O–H groups in total. The van der Waals surface area contributed by atoms with Gasteiger partial charge in [-0.15, -0.1) is 6.58 Å². The van der Waals surface area contributed by atoms with Crippen LogP contribution in [0.25, 0.3) is 5.03 Å². The monoisotopic (exact) mass is 391 g/mol. The second-order valence-corrected chi connectivity index (χ2v) is 7.98. The Bertz CT molecular complexity index is 890. The summed E-state index contributed by atoms with van der Waals surface area (Å²) in [6.07, 6.45) is 3.60. The summed E-state index contributed by atoms with van der Waals surface area (Å²) in [5.41, 5.74) is 1.61. The molecule has 0 amide bonds. The maximum Gasteiger partial charge on any atom is 0.263 e. The molecule has 6 heteroatoms. The first-order valence-corrected chi connectivity index (χ1v) is 9.92. The average molecular weight is 392 g/mol. The number of sulfonamides is 1. The molecule has 0 aliphatic rings. The van der Waals surface area contributed by atoms with Crippen LogP contribution >= 0.6 is 11.6 Å². The molecule has 0 spiro atoms. The Hall–Kier alpha value is -2.24. The molecule has 0 aliphatic carbocycles. The highest BCUT2D eigenvalue weighted by atomic mass is 35.5. The first kappa shape index (κ1) is 20.1. The summed E-state index contributed by atoms with van der Waals surface area (Å²) in [5.74, 6) is 0.574. The SMILES string of the molecule is C=CCCN(/C=C(/Cl)c1ccccc1OC)S(=O)(=O)c1ccc(C)cc1. The summed E-state index contributed by atoms with van der Waals surface area (Å²) in [4.78, 5) is 0.216. The standard InChI is InChI=1S/C20H22ClNO3S/c1-4-5-14-22(26(23,24)17-12-10-16(2)11-13-17)15-19(21)18-8-6-7-9-20(18)25-3/h4,6-13,15H,1,5,14H2,2-3H3/b19-15+. The summed E-state index contributed by atoms with van der Waals surface area (Å²) in [6, 6.07) is 13.9. The van der Waals surface area contributed by atoms with E-state index in [0.29, 0.717) is 17.7 Å². The lowest BCUT2D eigenvalue weighted by molar-refractivity contribution is 0.413. The molecule has 0 aromatic heterocycles. The molecular weight excluding hydrogens is 370 g/mol. The number of hydrogen-bond donors (Lipinski definition) is 0. The number of benzene rings is 2. The molecular formula is C20H22ClNO3S. The maximum atomic E-state index is 13.0. The molecule has 2 aromatic carbocycles. The molecule has 0 saturated carbocycles. The molecule has 0 radical (unpaired) electrons. The number of methoxy groups -OCH3 is 1. The van der Waals surface area contributed by atoms with Gasteiger partial charge >= 0.3 is 0 Å². The summed E-state index contributed by atoms with van der Waals surface area (Å²) >= 11 is 6.43.